The zero-order valence-corrected chi connectivity index (χ0v) is 11.4. The maximum Gasteiger partial charge on any atom is 0.0524 e. The first-order valence-electron chi connectivity index (χ1n) is 6.70. The van der Waals surface area contributed by atoms with Crippen molar-refractivity contribution in [3.63, 3.8) is 0 Å². The molecule has 2 atom stereocenters. The van der Waals surface area contributed by atoms with Crippen LogP contribution < -0.4 is 0 Å². The second kappa shape index (κ2) is 8.25. The van der Waals surface area contributed by atoms with Crippen molar-refractivity contribution < 1.29 is 10.2 Å². The molecule has 0 saturated carbocycles. The Bertz CT molecular complexity index is 300. The molecule has 0 aliphatic carbocycles. The minimum absolute atomic E-state index is 0.269. The van der Waals surface area contributed by atoms with Gasteiger partial charge in [-0.1, -0.05) is 30.3 Å². The molecule has 0 aromatic heterocycles. The van der Waals surface area contributed by atoms with Crippen LogP contribution in [0.4, 0.5) is 0 Å². The molecular formula is C15H25NO2. The van der Waals surface area contributed by atoms with E-state index >= 15 is 0 Å². The lowest BCUT2D eigenvalue weighted by molar-refractivity contribution is 0.130. The van der Waals surface area contributed by atoms with E-state index in [0.717, 1.165) is 32.5 Å². The number of benzene rings is 1. The SMILES string of the molecule is CC(O)CCN(CC[C@@H](C)O)Cc1ccccc1. The van der Waals surface area contributed by atoms with E-state index in [1.54, 1.807) is 0 Å². The molecule has 1 aromatic rings. The Morgan fingerprint density at radius 2 is 1.44 bits per heavy atom. The summed E-state index contributed by atoms with van der Waals surface area (Å²) in [6, 6.07) is 10.3. The monoisotopic (exact) mass is 251 g/mol. The largest absolute Gasteiger partial charge is 0.393 e. The van der Waals surface area contributed by atoms with Crippen molar-refractivity contribution in [1.29, 1.82) is 0 Å². The molecule has 3 heteroatoms. The number of aliphatic hydroxyl groups excluding tert-OH is 2. The predicted octanol–water partition coefficient (Wildman–Crippen LogP) is 2.03. The Morgan fingerprint density at radius 1 is 0.944 bits per heavy atom. The molecule has 1 aromatic carbocycles. The van der Waals surface area contributed by atoms with Crippen LogP contribution in [0.3, 0.4) is 0 Å². The molecule has 0 heterocycles. The Kier molecular flexibility index (Phi) is 6.94. The summed E-state index contributed by atoms with van der Waals surface area (Å²) < 4.78 is 0. The van der Waals surface area contributed by atoms with Gasteiger partial charge < -0.3 is 10.2 Å². The van der Waals surface area contributed by atoms with Crippen LogP contribution in [0.15, 0.2) is 30.3 Å². The summed E-state index contributed by atoms with van der Waals surface area (Å²) in [5, 5.41) is 18.7. The van der Waals surface area contributed by atoms with Gasteiger partial charge in [-0.2, -0.15) is 0 Å². The Balaban J connectivity index is 2.48. The topological polar surface area (TPSA) is 43.7 Å². The van der Waals surface area contributed by atoms with E-state index in [2.05, 4.69) is 17.0 Å². The lowest BCUT2D eigenvalue weighted by Crippen LogP contribution is -2.29. The van der Waals surface area contributed by atoms with E-state index in [0.29, 0.717) is 0 Å². The lowest BCUT2D eigenvalue weighted by Gasteiger charge is -2.23. The summed E-state index contributed by atoms with van der Waals surface area (Å²) >= 11 is 0. The Hall–Kier alpha value is -0.900. The highest BCUT2D eigenvalue weighted by Gasteiger charge is 2.08. The molecule has 0 spiro atoms. The Labute approximate surface area is 110 Å². The minimum Gasteiger partial charge on any atom is -0.393 e. The van der Waals surface area contributed by atoms with Crippen LogP contribution in [0, 0.1) is 0 Å². The first kappa shape index (κ1) is 15.2. The smallest absolute Gasteiger partial charge is 0.0524 e. The van der Waals surface area contributed by atoms with Crippen LogP contribution in [0.1, 0.15) is 32.3 Å². The quantitative estimate of drug-likeness (QED) is 0.743. The molecule has 1 unspecified atom stereocenters. The molecule has 0 fully saturated rings. The van der Waals surface area contributed by atoms with Crippen LogP contribution in [0.5, 0.6) is 0 Å². The fraction of sp³-hybridized carbons (Fsp3) is 0.600. The van der Waals surface area contributed by atoms with Gasteiger partial charge >= 0.3 is 0 Å². The predicted molar refractivity (Wildman–Crippen MR) is 74.3 cm³/mol. The van der Waals surface area contributed by atoms with Gasteiger partial charge in [0.15, 0.2) is 0 Å². The fourth-order valence-electron chi connectivity index (χ4n) is 1.85. The highest BCUT2D eigenvalue weighted by atomic mass is 16.3. The summed E-state index contributed by atoms with van der Waals surface area (Å²) in [6.45, 7) is 6.23. The molecule has 0 aliphatic rings. The second-order valence-corrected chi connectivity index (χ2v) is 5.04. The van der Waals surface area contributed by atoms with Crippen LogP contribution in [-0.2, 0) is 6.54 Å². The van der Waals surface area contributed by atoms with Gasteiger partial charge in [-0.25, -0.2) is 0 Å². The second-order valence-electron chi connectivity index (χ2n) is 5.04. The number of hydrogen-bond acceptors (Lipinski definition) is 3. The number of aliphatic hydroxyl groups is 2. The van der Waals surface area contributed by atoms with Gasteiger partial charge in [0, 0.05) is 19.6 Å². The van der Waals surface area contributed by atoms with Crippen molar-refractivity contribution in [2.45, 2.75) is 45.4 Å². The van der Waals surface area contributed by atoms with E-state index in [-0.39, 0.29) is 12.2 Å². The van der Waals surface area contributed by atoms with Gasteiger partial charge in [0.2, 0.25) is 0 Å². The fourth-order valence-corrected chi connectivity index (χ4v) is 1.85. The van der Waals surface area contributed by atoms with E-state index in [4.69, 9.17) is 0 Å². The van der Waals surface area contributed by atoms with Crippen molar-refractivity contribution in [3.05, 3.63) is 35.9 Å². The van der Waals surface area contributed by atoms with Crippen molar-refractivity contribution in [2.24, 2.45) is 0 Å². The highest BCUT2D eigenvalue weighted by Crippen LogP contribution is 2.07. The van der Waals surface area contributed by atoms with Crippen LogP contribution in [0.2, 0.25) is 0 Å². The molecule has 0 bridgehead atoms. The minimum atomic E-state index is -0.269. The molecule has 3 nitrogen and oxygen atoms in total. The molecule has 0 saturated heterocycles. The van der Waals surface area contributed by atoms with Crippen LogP contribution in [-0.4, -0.2) is 40.4 Å². The van der Waals surface area contributed by atoms with Crippen molar-refractivity contribution in [2.75, 3.05) is 13.1 Å². The molecule has 102 valence electrons. The normalized spacial score (nSPS) is 14.7. The van der Waals surface area contributed by atoms with E-state index < -0.39 is 0 Å². The van der Waals surface area contributed by atoms with E-state index in [1.807, 2.05) is 32.0 Å². The molecule has 0 radical (unpaired) electrons. The lowest BCUT2D eigenvalue weighted by atomic mass is 10.1. The summed E-state index contributed by atoms with van der Waals surface area (Å²) in [5.41, 5.74) is 1.27. The number of nitrogens with zero attached hydrogens (tertiary/aromatic N) is 1. The molecule has 0 aliphatic heterocycles. The van der Waals surface area contributed by atoms with Gasteiger partial charge in [-0.3, -0.25) is 4.90 Å². The third kappa shape index (κ3) is 6.74. The Morgan fingerprint density at radius 3 is 1.89 bits per heavy atom. The summed E-state index contributed by atoms with van der Waals surface area (Å²) in [6.07, 6.45) is 1.00. The molecule has 0 amide bonds. The maximum absolute atomic E-state index is 9.37. The zero-order valence-electron chi connectivity index (χ0n) is 11.4. The highest BCUT2D eigenvalue weighted by molar-refractivity contribution is 5.14. The van der Waals surface area contributed by atoms with Gasteiger partial charge in [-0.15, -0.1) is 0 Å². The molecule has 2 N–H and O–H groups in total. The van der Waals surface area contributed by atoms with Gasteiger partial charge in [0.05, 0.1) is 12.2 Å². The summed E-state index contributed by atoms with van der Waals surface area (Å²) in [4.78, 5) is 2.29. The van der Waals surface area contributed by atoms with Crippen molar-refractivity contribution >= 4 is 0 Å². The first-order valence-corrected chi connectivity index (χ1v) is 6.70. The molecular weight excluding hydrogens is 226 g/mol. The van der Waals surface area contributed by atoms with E-state index in [9.17, 15) is 10.2 Å². The number of rotatable bonds is 8. The number of hydrogen-bond donors (Lipinski definition) is 2. The third-order valence-electron chi connectivity index (χ3n) is 2.98. The third-order valence-corrected chi connectivity index (χ3v) is 2.98. The average Bonchev–Trinajstić information content (AvgIpc) is 2.33. The van der Waals surface area contributed by atoms with Gasteiger partial charge in [-0.05, 0) is 32.3 Å². The average molecular weight is 251 g/mol. The van der Waals surface area contributed by atoms with Crippen LogP contribution in [0.25, 0.3) is 0 Å². The summed E-state index contributed by atoms with van der Waals surface area (Å²) in [5.74, 6) is 0. The molecule has 1 rings (SSSR count). The first-order chi connectivity index (χ1) is 8.58. The zero-order chi connectivity index (χ0) is 13.4. The van der Waals surface area contributed by atoms with Crippen molar-refractivity contribution in [1.82, 2.24) is 4.90 Å². The van der Waals surface area contributed by atoms with E-state index in [1.165, 1.54) is 5.56 Å². The van der Waals surface area contributed by atoms with Gasteiger partial charge in [0.25, 0.3) is 0 Å². The van der Waals surface area contributed by atoms with Crippen molar-refractivity contribution in [3.8, 4) is 0 Å². The van der Waals surface area contributed by atoms with Gasteiger partial charge in [0.1, 0.15) is 0 Å². The standard InChI is InChI=1S/C15H25NO2/c1-13(17)8-10-16(11-9-14(2)18)12-15-6-4-3-5-7-15/h3-7,13-14,17-18H,8-12H2,1-2H3/t13-,14?/m1/s1. The maximum atomic E-state index is 9.37. The van der Waals surface area contributed by atoms with Crippen LogP contribution >= 0.6 is 0 Å². The molecule has 18 heavy (non-hydrogen) atoms. The summed E-state index contributed by atoms with van der Waals surface area (Å²) in [7, 11) is 0.